The zero-order valence-corrected chi connectivity index (χ0v) is 70.9. The van der Waals surface area contributed by atoms with Gasteiger partial charge in [0, 0.05) is 219 Å². The summed E-state index contributed by atoms with van der Waals surface area (Å²) in [6, 6.07) is 31.4. The van der Waals surface area contributed by atoms with Crippen LogP contribution in [-0.2, 0) is 58.2 Å². The Labute approximate surface area is 718 Å². The van der Waals surface area contributed by atoms with Gasteiger partial charge < -0.3 is 77.3 Å². The van der Waals surface area contributed by atoms with E-state index in [1.807, 2.05) is 121 Å². The van der Waals surface area contributed by atoms with E-state index in [0.717, 1.165) is 224 Å². The maximum Gasteiger partial charge on any atom is 0.298 e. The minimum absolute atomic E-state index is 0.167. The van der Waals surface area contributed by atoms with Gasteiger partial charge in [0.25, 0.3) is 6.43 Å². The summed E-state index contributed by atoms with van der Waals surface area (Å²) in [4.78, 5) is 26.0. The predicted molar refractivity (Wildman–Crippen MR) is 460 cm³/mol. The molecule has 0 aromatic carbocycles. The van der Waals surface area contributed by atoms with Crippen molar-refractivity contribution in [1.82, 2.24) is 92.2 Å². The Morgan fingerprint density at radius 1 is 0.363 bits per heavy atom. The molecule has 0 amide bonds. The molecule has 4 fully saturated rings. The van der Waals surface area contributed by atoms with Crippen molar-refractivity contribution in [2.75, 3.05) is 52.9 Å². The molecular formula is C92H104F2N18O12. The number of aryl methyl sites for hydroxylation is 7. The molecule has 0 saturated carbocycles. The third-order valence-corrected chi connectivity index (χ3v) is 21.0. The van der Waals surface area contributed by atoms with Crippen molar-refractivity contribution >= 4 is 22.8 Å². The number of halogens is 2. The number of nitrogens with zero attached hydrogens (tertiary/aromatic N) is 14. The lowest BCUT2D eigenvalue weighted by Gasteiger charge is -2.25. The van der Waals surface area contributed by atoms with Crippen molar-refractivity contribution in [3.05, 3.63) is 251 Å². The highest BCUT2D eigenvalue weighted by Gasteiger charge is 2.28. The quantitative estimate of drug-likeness (QED) is 0.0313. The summed E-state index contributed by atoms with van der Waals surface area (Å²) in [6.07, 6.45) is 16.7. The third-order valence-electron chi connectivity index (χ3n) is 21.0. The normalized spacial score (nSPS) is 14.4. The number of rotatable bonds is 31. The maximum atomic E-state index is 13.4. The second kappa shape index (κ2) is 44.1. The smallest absolute Gasteiger partial charge is 0.298 e. The van der Waals surface area contributed by atoms with Gasteiger partial charge in [-0.1, -0.05) is 60.8 Å². The van der Waals surface area contributed by atoms with Crippen LogP contribution < -0.4 is 40.2 Å². The van der Waals surface area contributed by atoms with E-state index in [1.54, 1.807) is 61.4 Å². The van der Waals surface area contributed by atoms with Crippen LogP contribution in [0.2, 0.25) is 0 Å². The maximum absolute atomic E-state index is 13.4. The minimum Gasteiger partial charge on any atom is -0.473 e. The second-order valence-corrected chi connectivity index (χ2v) is 30.0. The minimum atomic E-state index is -2.82. The Morgan fingerprint density at radius 2 is 0.726 bits per heavy atom. The number of ether oxygens (including phenoxy) is 8. The fourth-order valence-electron chi connectivity index (χ4n) is 13.7. The molecule has 648 valence electrons. The standard InChI is InChI=1S/C24H28N4O3.C23H24F2N4O3.C23H27N5O3.C22H25N5O3/c1-4-22-21(24(28-31-22)19-6-5-16(2)25-14-19)15-30-23-8-7-18(13-26-23)17(3)27-20-9-11-29-12-10-20;1-14-3-4-17(12-26-14)21-19(22(23(24)25)32-29-21)13-31-20-6-5-16(11-27-20)15(2)28-18-7-9-30-10-8-18;1-4-21-19(23(28-31-21)17-6-5-15(2)24-13-17)14-30-22-8-7-20(26-27-22)16(3)25-18-9-11-29-12-10-18;1-14-4-6-20(26-25-14)22-19(16(3)30-27-22)13-29-21-7-5-17(12-23-21)15(2)24-18-8-10-28-11-9-18/h5-8,13-14,20,27H,3-4,9-12,15H2,1-2H3;3-6,11-12,18,23,28H,2,7-10,13H2,1H3;5-8,13,18,25H,3-4,9-12,14H2,1-2H3;4-7,12,18,24H,2,8-11,13H2,1,3H3. The van der Waals surface area contributed by atoms with Gasteiger partial charge in [-0.15, -0.1) is 15.3 Å². The fraction of sp³-hybridized carbons (Fsp3) is 0.370. The van der Waals surface area contributed by atoms with Crippen LogP contribution in [0.3, 0.4) is 0 Å². The molecule has 0 bridgehead atoms. The summed E-state index contributed by atoms with van der Waals surface area (Å²) in [5.41, 5.74) is 18.4. The van der Waals surface area contributed by atoms with Gasteiger partial charge in [0.1, 0.15) is 77.9 Å². The van der Waals surface area contributed by atoms with Crippen molar-refractivity contribution < 1.29 is 64.8 Å². The van der Waals surface area contributed by atoms with Gasteiger partial charge in [0.15, 0.2) is 0 Å². The van der Waals surface area contributed by atoms with E-state index in [-0.39, 0.29) is 31.1 Å². The largest absolute Gasteiger partial charge is 0.473 e. The Bertz CT molecular complexity index is 5230. The molecule has 12 aromatic rings. The lowest BCUT2D eigenvalue weighted by molar-refractivity contribution is 0.0817. The molecule has 4 saturated heterocycles. The predicted octanol–water partition coefficient (Wildman–Crippen LogP) is 16.2. The van der Waals surface area contributed by atoms with E-state index in [0.29, 0.717) is 89.1 Å². The van der Waals surface area contributed by atoms with Gasteiger partial charge in [-0.3, -0.25) is 15.0 Å². The Balaban J connectivity index is 0.000000142. The van der Waals surface area contributed by atoms with Crippen LogP contribution in [0.15, 0.2) is 179 Å². The number of pyridine rings is 6. The van der Waals surface area contributed by atoms with Gasteiger partial charge in [-0.2, -0.15) is 5.10 Å². The first-order chi connectivity index (χ1) is 60.4. The average Bonchev–Trinajstić information content (AvgIpc) is 1.66. The topological polar surface area (TPSA) is 355 Å². The van der Waals surface area contributed by atoms with E-state index < -0.39 is 12.2 Å². The highest BCUT2D eigenvalue weighted by molar-refractivity contribution is 5.67. The fourth-order valence-corrected chi connectivity index (χ4v) is 13.7. The summed E-state index contributed by atoms with van der Waals surface area (Å²) in [7, 11) is 0. The highest BCUT2D eigenvalue weighted by atomic mass is 19.3. The van der Waals surface area contributed by atoms with Gasteiger partial charge in [-0.25, -0.2) is 23.7 Å². The zero-order chi connectivity index (χ0) is 86.7. The van der Waals surface area contributed by atoms with Crippen LogP contribution in [0.4, 0.5) is 8.78 Å². The first-order valence-corrected chi connectivity index (χ1v) is 41.5. The second-order valence-electron chi connectivity index (χ2n) is 30.0. The summed E-state index contributed by atoms with van der Waals surface area (Å²) in [6.45, 7) is 36.9. The molecule has 0 unspecified atom stereocenters. The van der Waals surface area contributed by atoms with E-state index in [2.05, 4.69) is 119 Å². The summed E-state index contributed by atoms with van der Waals surface area (Å²) in [5.74, 6) is 3.53. The zero-order valence-electron chi connectivity index (χ0n) is 70.9. The SMILES string of the molecule is C=C(NC1CCOCC1)c1ccc(OCc2c(-c3ccc(C)nc3)noc2C(F)F)nc1.C=C(NC1CCOCC1)c1ccc(OCc2c(-c3ccc(C)nc3)noc2CC)nc1.C=C(NC1CCOCC1)c1ccc(OCc2c(-c3ccc(C)nc3)noc2CC)nn1.C=C(NC1CCOCC1)c1ccc(OCc2c(-c3ccc(C)nn3)noc2C)nc1. The Kier molecular flexibility index (Phi) is 31.6. The van der Waals surface area contributed by atoms with Crippen LogP contribution in [0.25, 0.3) is 67.9 Å². The molecule has 0 spiro atoms. The highest BCUT2D eigenvalue weighted by Crippen LogP contribution is 2.35. The molecule has 124 heavy (non-hydrogen) atoms. The van der Waals surface area contributed by atoms with Crippen molar-refractivity contribution in [1.29, 1.82) is 0 Å². The number of alkyl halides is 2. The first-order valence-electron chi connectivity index (χ1n) is 41.5. The number of nitrogens with one attached hydrogen (secondary N) is 4. The molecule has 0 aliphatic carbocycles. The molecule has 4 aliphatic rings. The molecule has 16 heterocycles. The molecule has 32 heteroatoms. The first kappa shape index (κ1) is 88.7. The monoisotopic (exact) mass is 1690 g/mol. The molecular weight excluding hydrogens is 1590 g/mol. The lowest BCUT2D eigenvalue weighted by Crippen LogP contribution is -2.33. The van der Waals surface area contributed by atoms with Crippen LogP contribution in [-0.4, -0.2) is 148 Å². The molecule has 4 aliphatic heterocycles. The van der Waals surface area contributed by atoms with Crippen LogP contribution >= 0.6 is 0 Å². The number of aromatic nitrogens is 14. The summed E-state index contributed by atoms with van der Waals surface area (Å²) in [5, 5.41) is 46.9. The Hall–Kier alpha value is -13.0. The van der Waals surface area contributed by atoms with E-state index >= 15 is 0 Å². The number of hydrogen-bond donors (Lipinski definition) is 4. The molecule has 16 rings (SSSR count). The van der Waals surface area contributed by atoms with E-state index in [1.165, 1.54) is 0 Å². The Morgan fingerprint density at radius 3 is 1.08 bits per heavy atom. The average molecular weight is 1690 g/mol. The molecule has 30 nitrogen and oxygen atoms in total. The van der Waals surface area contributed by atoms with Crippen molar-refractivity contribution in [2.24, 2.45) is 0 Å². The van der Waals surface area contributed by atoms with Crippen LogP contribution in [0.5, 0.6) is 23.5 Å². The molecule has 0 radical (unpaired) electrons. The van der Waals surface area contributed by atoms with Gasteiger partial charge in [0.2, 0.25) is 29.3 Å². The summed E-state index contributed by atoms with van der Waals surface area (Å²) < 4.78 is 93.1. The lowest BCUT2D eigenvalue weighted by atomic mass is 10.1. The van der Waals surface area contributed by atoms with Gasteiger partial charge in [-0.05, 0) is 159 Å². The van der Waals surface area contributed by atoms with E-state index in [4.69, 9.17) is 56.0 Å². The summed E-state index contributed by atoms with van der Waals surface area (Å²) >= 11 is 0. The van der Waals surface area contributed by atoms with Crippen LogP contribution in [0.1, 0.15) is 162 Å². The van der Waals surface area contributed by atoms with E-state index in [9.17, 15) is 8.78 Å². The van der Waals surface area contributed by atoms with Crippen molar-refractivity contribution in [3.63, 3.8) is 0 Å². The van der Waals surface area contributed by atoms with Crippen molar-refractivity contribution in [3.8, 4) is 68.7 Å². The molecule has 4 N–H and O–H groups in total. The third kappa shape index (κ3) is 24.7. The van der Waals surface area contributed by atoms with Crippen LogP contribution in [0, 0.1) is 34.6 Å². The van der Waals surface area contributed by atoms with Gasteiger partial charge in [0.05, 0.1) is 33.6 Å². The van der Waals surface area contributed by atoms with Crippen molar-refractivity contribution in [2.45, 2.75) is 170 Å². The number of hydrogen-bond acceptors (Lipinski definition) is 30. The molecule has 0 atom stereocenters. The van der Waals surface area contributed by atoms with Gasteiger partial charge >= 0.3 is 0 Å². The molecule has 12 aromatic heterocycles.